The van der Waals surface area contributed by atoms with E-state index in [1.54, 1.807) is 11.8 Å². The van der Waals surface area contributed by atoms with Crippen LogP contribution < -0.4 is 9.47 Å². The molecule has 1 atom stereocenters. The SMILES string of the molecule is COC(=O)CC(C)COc1cc([N+](=O)[O-])ccc1OC1CCN(C(C)=O)CC1. The van der Waals surface area contributed by atoms with E-state index in [9.17, 15) is 19.7 Å². The Kier molecular flexibility index (Phi) is 7.60. The number of carbonyl (C=O) groups is 2. The topological polar surface area (TPSA) is 108 Å². The van der Waals surface area contributed by atoms with E-state index in [1.807, 2.05) is 6.92 Å². The Morgan fingerprint density at radius 3 is 2.54 bits per heavy atom. The second kappa shape index (κ2) is 9.91. The minimum atomic E-state index is -0.500. The number of carbonyl (C=O) groups excluding carboxylic acids is 2. The Bertz CT molecular complexity index is 714. The van der Waals surface area contributed by atoms with Gasteiger partial charge >= 0.3 is 5.97 Å². The molecule has 154 valence electrons. The van der Waals surface area contributed by atoms with Crippen LogP contribution in [0.5, 0.6) is 11.5 Å². The van der Waals surface area contributed by atoms with Gasteiger partial charge in [-0.25, -0.2) is 0 Å². The highest BCUT2D eigenvalue weighted by molar-refractivity contribution is 5.73. The van der Waals surface area contributed by atoms with Crippen LogP contribution in [0.15, 0.2) is 18.2 Å². The van der Waals surface area contributed by atoms with Gasteiger partial charge in [-0.2, -0.15) is 0 Å². The largest absolute Gasteiger partial charge is 0.489 e. The van der Waals surface area contributed by atoms with Crippen LogP contribution >= 0.6 is 0 Å². The minimum Gasteiger partial charge on any atom is -0.489 e. The molecule has 28 heavy (non-hydrogen) atoms. The summed E-state index contributed by atoms with van der Waals surface area (Å²) in [6, 6.07) is 4.21. The summed E-state index contributed by atoms with van der Waals surface area (Å²) >= 11 is 0. The normalized spacial score (nSPS) is 15.6. The molecule has 1 unspecified atom stereocenters. The first kappa shape index (κ1) is 21.5. The molecule has 0 N–H and O–H groups in total. The van der Waals surface area contributed by atoms with E-state index in [1.165, 1.54) is 25.3 Å². The van der Waals surface area contributed by atoms with Crippen LogP contribution in [-0.4, -0.2) is 54.6 Å². The van der Waals surface area contributed by atoms with Crippen LogP contribution in [0.25, 0.3) is 0 Å². The Morgan fingerprint density at radius 1 is 1.29 bits per heavy atom. The molecule has 1 aliphatic rings. The number of benzene rings is 1. The molecule has 1 amide bonds. The Labute approximate surface area is 163 Å². The first-order valence-electron chi connectivity index (χ1n) is 9.20. The van der Waals surface area contributed by atoms with Crippen molar-refractivity contribution in [1.29, 1.82) is 0 Å². The lowest BCUT2D eigenvalue weighted by Gasteiger charge is -2.31. The molecule has 9 heteroatoms. The summed E-state index contributed by atoms with van der Waals surface area (Å²) in [5, 5.41) is 11.1. The summed E-state index contributed by atoms with van der Waals surface area (Å²) in [4.78, 5) is 35.1. The summed E-state index contributed by atoms with van der Waals surface area (Å²) in [5.74, 6) is 0.247. The van der Waals surface area contributed by atoms with Crippen LogP contribution in [0.3, 0.4) is 0 Å². The Hall–Kier alpha value is -2.84. The van der Waals surface area contributed by atoms with Crippen molar-refractivity contribution in [2.24, 2.45) is 5.92 Å². The maximum absolute atomic E-state index is 11.4. The molecule has 1 aromatic rings. The number of hydrogen-bond acceptors (Lipinski definition) is 7. The molecule has 1 saturated heterocycles. The monoisotopic (exact) mass is 394 g/mol. The van der Waals surface area contributed by atoms with Gasteiger partial charge in [-0.15, -0.1) is 0 Å². The molecule has 0 spiro atoms. The van der Waals surface area contributed by atoms with Crippen LogP contribution in [0.1, 0.15) is 33.1 Å². The number of piperidine rings is 1. The number of methoxy groups -OCH3 is 1. The molecular weight excluding hydrogens is 368 g/mol. The van der Waals surface area contributed by atoms with Gasteiger partial charge in [0.1, 0.15) is 6.10 Å². The highest BCUT2D eigenvalue weighted by Crippen LogP contribution is 2.34. The number of hydrogen-bond donors (Lipinski definition) is 0. The van der Waals surface area contributed by atoms with E-state index in [-0.39, 0.29) is 48.4 Å². The maximum Gasteiger partial charge on any atom is 0.305 e. The van der Waals surface area contributed by atoms with E-state index >= 15 is 0 Å². The van der Waals surface area contributed by atoms with Crippen molar-refractivity contribution in [2.45, 2.75) is 39.2 Å². The van der Waals surface area contributed by atoms with E-state index in [0.29, 0.717) is 31.7 Å². The maximum atomic E-state index is 11.4. The van der Waals surface area contributed by atoms with Gasteiger partial charge in [0.05, 0.1) is 31.1 Å². The van der Waals surface area contributed by atoms with Crippen LogP contribution in [0.2, 0.25) is 0 Å². The molecule has 0 saturated carbocycles. The van der Waals surface area contributed by atoms with Gasteiger partial charge in [0.2, 0.25) is 5.91 Å². The molecule has 0 radical (unpaired) electrons. The number of nitrogens with zero attached hydrogens (tertiary/aromatic N) is 2. The van der Waals surface area contributed by atoms with Crippen molar-refractivity contribution in [3.8, 4) is 11.5 Å². The van der Waals surface area contributed by atoms with Crippen molar-refractivity contribution in [3.63, 3.8) is 0 Å². The average Bonchev–Trinajstić information content (AvgIpc) is 2.67. The second-order valence-electron chi connectivity index (χ2n) is 6.91. The molecule has 0 bridgehead atoms. The summed E-state index contributed by atoms with van der Waals surface area (Å²) < 4.78 is 16.4. The zero-order valence-corrected chi connectivity index (χ0v) is 16.4. The van der Waals surface area contributed by atoms with Gasteiger partial charge in [-0.3, -0.25) is 19.7 Å². The number of rotatable bonds is 8. The summed E-state index contributed by atoms with van der Waals surface area (Å²) in [6.45, 7) is 4.78. The third-order valence-corrected chi connectivity index (χ3v) is 4.59. The van der Waals surface area contributed by atoms with E-state index in [0.717, 1.165) is 0 Å². The quantitative estimate of drug-likeness (QED) is 0.379. The zero-order chi connectivity index (χ0) is 20.7. The number of nitro benzene ring substituents is 1. The van der Waals surface area contributed by atoms with Crippen molar-refractivity contribution in [2.75, 3.05) is 26.8 Å². The van der Waals surface area contributed by atoms with E-state index in [2.05, 4.69) is 4.74 Å². The molecular formula is C19H26N2O7. The van der Waals surface area contributed by atoms with Crippen LogP contribution in [-0.2, 0) is 14.3 Å². The van der Waals surface area contributed by atoms with Crippen LogP contribution in [0, 0.1) is 16.0 Å². The molecule has 0 aliphatic carbocycles. The highest BCUT2D eigenvalue weighted by atomic mass is 16.6. The number of non-ortho nitro benzene ring substituents is 1. The van der Waals surface area contributed by atoms with E-state index < -0.39 is 4.92 Å². The number of likely N-dealkylation sites (tertiary alicyclic amines) is 1. The number of esters is 1. The van der Waals surface area contributed by atoms with Crippen molar-refractivity contribution in [1.82, 2.24) is 4.90 Å². The van der Waals surface area contributed by atoms with Gasteiger partial charge in [-0.05, 0) is 6.07 Å². The van der Waals surface area contributed by atoms with Gasteiger partial charge in [0.15, 0.2) is 11.5 Å². The van der Waals surface area contributed by atoms with Gasteiger partial charge < -0.3 is 19.1 Å². The fourth-order valence-electron chi connectivity index (χ4n) is 2.95. The Morgan fingerprint density at radius 2 is 1.96 bits per heavy atom. The van der Waals surface area contributed by atoms with Gasteiger partial charge in [0.25, 0.3) is 5.69 Å². The molecule has 0 aromatic heterocycles. The fraction of sp³-hybridized carbons (Fsp3) is 0.579. The average molecular weight is 394 g/mol. The summed E-state index contributed by atoms with van der Waals surface area (Å²) in [6.07, 6.45) is 1.43. The lowest BCUT2D eigenvalue weighted by atomic mass is 10.1. The van der Waals surface area contributed by atoms with Gasteiger partial charge in [0, 0.05) is 44.8 Å². The number of amides is 1. The summed E-state index contributed by atoms with van der Waals surface area (Å²) in [5.41, 5.74) is -0.102. The highest BCUT2D eigenvalue weighted by Gasteiger charge is 2.24. The lowest BCUT2D eigenvalue weighted by Crippen LogP contribution is -2.40. The van der Waals surface area contributed by atoms with Crippen molar-refractivity contribution < 1.29 is 28.7 Å². The lowest BCUT2D eigenvalue weighted by molar-refractivity contribution is -0.385. The first-order chi connectivity index (χ1) is 13.3. The zero-order valence-electron chi connectivity index (χ0n) is 16.4. The van der Waals surface area contributed by atoms with Crippen LogP contribution in [0.4, 0.5) is 5.69 Å². The minimum absolute atomic E-state index is 0.0393. The number of nitro groups is 1. The molecule has 9 nitrogen and oxygen atoms in total. The fourth-order valence-corrected chi connectivity index (χ4v) is 2.95. The molecule has 2 rings (SSSR count). The number of ether oxygens (including phenoxy) is 3. The molecule has 1 aromatic carbocycles. The summed E-state index contributed by atoms with van der Waals surface area (Å²) in [7, 11) is 1.32. The molecule has 1 heterocycles. The predicted molar refractivity (Wildman–Crippen MR) is 100 cm³/mol. The first-order valence-corrected chi connectivity index (χ1v) is 9.20. The predicted octanol–water partition coefficient (Wildman–Crippen LogP) is 2.56. The smallest absolute Gasteiger partial charge is 0.305 e. The second-order valence-corrected chi connectivity index (χ2v) is 6.91. The standard InChI is InChI=1S/C19H26N2O7/c1-13(10-19(23)26-3)12-27-18-11-15(21(24)25)4-5-17(18)28-16-6-8-20(9-7-16)14(2)22/h4-5,11,13,16H,6-10,12H2,1-3H3. The Balaban J connectivity index is 2.05. The molecule has 1 fully saturated rings. The third-order valence-electron chi connectivity index (χ3n) is 4.59. The van der Waals surface area contributed by atoms with Crippen molar-refractivity contribution >= 4 is 17.6 Å². The molecule has 1 aliphatic heterocycles. The van der Waals surface area contributed by atoms with E-state index in [4.69, 9.17) is 9.47 Å². The van der Waals surface area contributed by atoms with Crippen molar-refractivity contribution in [3.05, 3.63) is 28.3 Å². The van der Waals surface area contributed by atoms with Gasteiger partial charge in [-0.1, -0.05) is 6.92 Å². The third kappa shape index (κ3) is 6.11.